The van der Waals surface area contributed by atoms with Crippen LogP contribution in [0.2, 0.25) is 0 Å². The Bertz CT molecular complexity index is 635. The third-order valence-corrected chi connectivity index (χ3v) is 3.83. The minimum absolute atomic E-state index is 0.363. The van der Waals surface area contributed by atoms with Gasteiger partial charge in [0.25, 0.3) is 0 Å². The van der Waals surface area contributed by atoms with Crippen molar-refractivity contribution in [2.45, 2.75) is 25.7 Å². The molecule has 1 aliphatic rings. The van der Waals surface area contributed by atoms with Crippen LogP contribution in [0.3, 0.4) is 0 Å². The van der Waals surface area contributed by atoms with Gasteiger partial charge in [0, 0.05) is 31.0 Å². The van der Waals surface area contributed by atoms with Crippen LogP contribution in [-0.2, 0) is 12.8 Å². The zero-order valence-electron chi connectivity index (χ0n) is 12.5. The Hall–Kier alpha value is -2.23. The highest BCUT2D eigenvalue weighted by Crippen LogP contribution is 2.29. The summed E-state index contributed by atoms with van der Waals surface area (Å²) >= 11 is 0. The Labute approximate surface area is 124 Å². The lowest BCUT2D eigenvalue weighted by Gasteiger charge is -2.11. The zero-order valence-corrected chi connectivity index (χ0v) is 12.5. The number of hydrogen-bond acceptors (Lipinski definition) is 2. The van der Waals surface area contributed by atoms with Crippen molar-refractivity contribution in [3.05, 3.63) is 41.6 Å². The summed E-state index contributed by atoms with van der Waals surface area (Å²) in [4.78, 5) is 16.5. The van der Waals surface area contributed by atoms with E-state index in [1.54, 1.807) is 20.2 Å². The van der Waals surface area contributed by atoms with E-state index in [1.807, 2.05) is 18.2 Å². The fourth-order valence-electron chi connectivity index (χ4n) is 2.68. The fourth-order valence-corrected chi connectivity index (χ4v) is 2.68. The molecule has 3 rings (SSSR count). The highest BCUT2D eigenvalue weighted by Gasteiger charge is 2.14. The Balaban J connectivity index is 1.85. The monoisotopic (exact) mass is 284 g/mol. The van der Waals surface area contributed by atoms with Crippen LogP contribution in [0.4, 0.5) is 4.79 Å². The predicted molar refractivity (Wildman–Crippen MR) is 82.6 cm³/mol. The van der Waals surface area contributed by atoms with Crippen LogP contribution in [0.25, 0.3) is 11.3 Å². The van der Waals surface area contributed by atoms with Gasteiger partial charge in [-0.1, -0.05) is 12.1 Å². The number of benzene rings is 1. The van der Waals surface area contributed by atoms with Gasteiger partial charge in [-0.05, 0) is 49.4 Å². The Morgan fingerprint density at radius 2 is 2.00 bits per heavy atom. The molecule has 0 unspecified atom stereocenters. The van der Waals surface area contributed by atoms with Gasteiger partial charge in [-0.25, -0.2) is 4.79 Å². The van der Waals surface area contributed by atoms with Gasteiger partial charge in [0.05, 0.1) is 0 Å². The highest BCUT2D eigenvalue weighted by atomic mass is 16.6. The molecule has 0 atom stereocenters. The van der Waals surface area contributed by atoms with E-state index in [-0.39, 0.29) is 6.09 Å². The quantitative estimate of drug-likeness (QED) is 0.915. The Kier molecular flexibility index (Phi) is 3.69. The lowest BCUT2D eigenvalue weighted by molar-refractivity contribution is 0.172. The molecule has 4 heteroatoms. The molecule has 0 bridgehead atoms. The molecule has 2 aromatic rings. The molecule has 1 aliphatic carbocycles. The summed E-state index contributed by atoms with van der Waals surface area (Å²) in [6.45, 7) is 0. The normalized spacial score (nSPS) is 13.6. The molecule has 0 saturated heterocycles. The fraction of sp³-hybridized carbons (Fsp3) is 0.353. The summed E-state index contributed by atoms with van der Waals surface area (Å²) in [6.07, 6.45) is 4.45. The summed E-state index contributed by atoms with van der Waals surface area (Å²) < 4.78 is 5.31. The van der Waals surface area contributed by atoms with Crippen LogP contribution < -0.4 is 4.74 Å². The van der Waals surface area contributed by atoms with Crippen molar-refractivity contribution in [3.8, 4) is 17.0 Å². The van der Waals surface area contributed by atoms with Gasteiger partial charge in [-0.15, -0.1) is 0 Å². The van der Waals surface area contributed by atoms with Gasteiger partial charge in [-0.3, -0.25) is 0 Å². The molecular formula is C17H20N2O2. The van der Waals surface area contributed by atoms with Crippen LogP contribution in [0, 0.1) is 0 Å². The maximum atomic E-state index is 11.6. The van der Waals surface area contributed by atoms with Crippen LogP contribution in [0.15, 0.2) is 30.3 Å². The van der Waals surface area contributed by atoms with Crippen molar-refractivity contribution in [1.29, 1.82) is 0 Å². The van der Waals surface area contributed by atoms with Crippen molar-refractivity contribution >= 4 is 6.09 Å². The predicted octanol–water partition coefficient (Wildman–Crippen LogP) is 3.62. The molecule has 0 aliphatic heterocycles. The minimum Gasteiger partial charge on any atom is -0.410 e. The third kappa shape index (κ3) is 2.94. The SMILES string of the molecule is CN(C)C(=O)Oc1cccc(-c2cc3c([nH]2)CCCC3)c1. The van der Waals surface area contributed by atoms with Crippen molar-refractivity contribution in [3.63, 3.8) is 0 Å². The summed E-state index contributed by atoms with van der Waals surface area (Å²) in [5.74, 6) is 0.568. The Morgan fingerprint density at radius 3 is 2.76 bits per heavy atom. The maximum Gasteiger partial charge on any atom is 0.414 e. The third-order valence-electron chi connectivity index (χ3n) is 3.83. The number of carbonyl (C=O) groups excluding carboxylic acids is 1. The molecule has 110 valence electrons. The van der Waals surface area contributed by atoms with E-state index in [4.69, 9.17) is 4.74 Å². The summed E-state index contributed by atoms with van der Waals surface area (Å²) in [5.41, 5.74) is 4.93. The van der Waals surface area contributed by atoms with Gasteiger partial charge >= 0.3 is 6.09 Å². The number of fused-ring (bicyclic) bond motifs is 1. The van der Waals surface area contributed by atoms with E-state index in [0.29, 0.717) is 5.75 Å². The topological polar surface area (TPSA) is 45.3 Å². The number of nitrogens with zero attached hydrogens (tertiary/aromatic N) is 1. The van der Waals surface area contributed by atoms with Crippen molar-refractivity contribution in [2.24, 2.45) is 0 Å². The average Bonchev–Trinajstić information content (AvgIpc) is 2.91. The molecule has 1 N–H and O–H groups in total. The van der Waals surface area contributed by atoms with Gasteiger partial charge in [0.15, 0.2) is 0 Å². The molecule has 0 spiro atoms. The Morgan fingerprint density at radius 1 is 1.19 bits per heavy atom. The summed E-state index contributed by atoms with van der Waals surface area (Å²) in [5, 5.41) is 0. The second kappa shape index (κ2) is 5.64. The first-order valence-corrected chi connectivity index (χ1v) is 7.34. The number of aryl methyl sites for hydroxylation is 2. The molecular weight excluding hydrogens is 264 g/mol. The van der Waals surface area contributed by atoms with Crippen LogP contribution in [-0.4, -0.2) is 30.1 Å². The number of aromatic amines is 1. The molecule has 1 aromatic carbocycles. The smallest absolute Gasteiger partial charge is 0.410 e. The number of rotatable bonds is 2. The van der Waals surface area contributed by atoms with Crippen LogP contribution in [0.1, 0.15) is 24.1 Å². The van der Waals surface area contributed by atoms with Crippen molar-refractivity contribution in [2.75, 3.05) is 14.1 Å². The number of ether oxygens (including phenoxy) is 1. The summed E-state index contributed by atoms with van der Waals surface area (Å²) in [7, 11) is 3.34. The van der Waals surface area contributed by atoms with E-state index in [9.17, 15) is 4.79 Å². The summed E-state index contributed by atoms with van der Waals surface area (Å²) in [6, 6.07) is 9.87. The molecule has 1 amide bonds. The lowest BCUT2D eigenvalue weighted by Crippen LogP contribution is -2.25. The number of H-pyrrole nitrogens is 1. The number of amides is 1. The molecule has 1 heterocycles. The maximum absolute atomic E-state index is 11.6. The number of hydrogen-bond donors (Lipinski definition) is 1. The molecule has 21 heavy (non-hydrogen) atoms. The van der Waals surface area contributed by atoms with Crippen molar-refractivity contribution in [1.82, 2.24) is 9.88 Å². The lowest BCUT2D eigenvalue weighted by atomic mass is 9.98. The van der Waals surface area contributed by atoms with Gasteiger partial charge in [0.1, 0.15) is 5.75 Å². The second-order valence-electron chi connectivity index (χ2n) is 5.68. The molecule has 1 aromatic heterocycles. The largest absolute Gasteiger partial charge is 0.414 e. The number of nitrogens with one attached hydrogen (secondary N) is 1. The minimum atomic E-state index is -0.363. The zero-order chi connectivity index (χ0) is 14.8. The first-order valence-electron chi connectivity index (χ1n) is 7.34. The molecule has 0 fully saturated rings. The van der Waals surface area contributed by atoms with E-state index >= 15 is 0 Å². The average molecular weight is 284 g/mol. The van der Waals surface area contributed by atoms with Gasteiger partial charge < -0.3 is 14.6 Å². The van der Waals surface area contributed by atoms with Crippen LogP contribution in [0.5, 0.6) is 5.75 Å². The first kappa shape index (κ1) is 13.7. The standard InChI is InChI=1S/C17H20N2O2/c1-19(2)17(20)21-14-8-5-7-12(10-14)16-11-13-6-3-4-9-15(13)18-16/h5,7-8,10-11,18H,3-4,6,9H2,1-2H3. The number of carbonyl (C=O) groups is 1. The van der Waals surface area contributed by atoms with Crippen molar-refractivity contribution < 1.29 is 9.53 Å². The van der Waals surface area contributed by atoms with E-state index < -0.39 is 0 Å². The second-order valence-corrected chi connectivity index (χ2v) is 5.68. The van der Waals surface area contributed by atoms with Gasteiger partial charge in [0.2, 0.25) is 0 Å². The van der Waals surface area contributed by atoms with Crippen LogP contribution >= 0.6 is 0 Å². The highest BCUT2D eigenvalue weighted by molar-refractivity contribution is 5.71. The molecule has 4 nitrogen and oxygen atoms in total. The van der Waals surface area contributed by atoms with Gasteiger partial charge in [-0.2, -0.15) is 0 Å². The number of aromatic nitrogens is 1. The molecule has 0 radical (unpaired) electrons. The van der Waals surface area contributed by atoms with E-state index in [1.165, 1.54) is 29.0 Å². The first-order chi connectivity index (χ1) is 10.1. The van der Waals surface area contributed by atoms with E-state index in [2.05, 4.69) is 11.1 Å². The molecule has 0 saturated carbocycles. The van der Waals surface area contributed by atoms with E-state index in [0.717, 1.165) is 24.1 Å².